The highest BCUT2D eigenvalue weighted by molar-refractivity contribution is 5.84. The maximum Gasteiger partial charge on any atom is 0.230 e. The van der Waals surface area contributed by atoms with Crippen molar-refractivity contribution >= 4 is 5.91 Å². The summed E-state index contributed by atoms with van der Waals surface area (Å²) in [6.45, 7) is 7.08. The lowest BCUT2D eigenvalue weighted by atomic mass is 9.87. The van der Waals surface area contributed by atoms with E-state index in [1.807, 2.05) is 30.1 Å². The van der Waals surface area contributed by atoms with Gasteiger partial charge in [0, 0.05) is 13.6 Å². The van der Waals surface area contributed by atoms with E-state index >= 15 is 0 Å². The van der Waals surface area contributed by atoms with Crippen LogP contribution in [0.15, 0.2) is 18.2 Å². The van der Waals surface area contributed by atoms with Gasteiger partial charge < -0.3 is 14.4 Å². The van der Waals surface area contributed by atoms with Gasteiger partial charge in [-0.25, -0.2) is 0 Å². The molecule has 1 atom stereocenters. The molecule has 0 saturated heterocycles. The minimum Gasteiger partial charge on any atom is -0.493 e. The summed E-state index contributed by atoms with van der Waals surface area (Å²) < 4.78 is 10.6. The molecule has 0 fully saturated rings. The third-order valence-corrected chi connectivity index (χ3v) is 3.92. The fourth-order valence-corrected chi connectivity index (χ4v) is 2.60. The summed E-state index contributed by atoms with van der Waals surface area (Å²) in [5.41, 5.74) is 0.973. The maximum atomic E-state index is 12.8. The molecule has 1 aromatic rings. The molecule has 0 aliphatic rings. The predicted molar refractivity (Wildman–Crippen MR) is 89.7 cm³/mol. The van der Waals surface area contributed by atoms with Crippen molar-refractivity contribution in [2.75, 3.05) is 27.8 Å². The van der Waals surface area contributed by atoms with Crippen LogP contribution in [0.1, 0.15) is 45.1 Å². The monoisotopic (exact) mass is 307 g/mol. The van der Waals surface area contributed by atoms with Gasteiger partial charge in [-0.2, -0.15) is 0 Å². The molecule has 0 aliphatic carbocycles. The van der Waals surface area contributed by atoms with Crippen LogP contribution in [-0.4, -0.2) is 38.6 Å². The van der Waals surface area contributed by atoms with Crippen molar-refractivity contribution in [2.45, 2.75) is 39.5 Å². The van der Waals surface area contributed by atoms with E-state index in [4.69, 9.17) is 9.47 Å². The Morgan fingerprint density at radius 3 is 2.32 bits per heavy atom. The Balaban J connectivity index is 3.07. The largest absolute Gasteiger partial charge is 0.493 e. The number of benzene rings is 1. The summed E-state index contributed by atoms with van der Waals surface area (Å²) in [6, 6.07) is 5.73. The minimum absolute atomic E-state index is 0.163. The van der Waals surface area contributed by atoms with Crippen molar-refractivity contribution in [1.29, 1.82) is 0 Å². The van der Waals surface area contributed by atoms with Crippen LogP contribution in [0, 0.1) is 5.92 Å². The van der Waals surface area contributed by atoms with Crippen molar-refractivity contribution in [3.05, 3.63) is 23.8 Å². The topological polar surface area (TPSA) is 38.8 Å². The van der Waals surface area contributed by atoms with Gasteiger partial charge in [-0.1, -0.05) is 33.3 Å². The van der Waals surface area contributed by atoms with Crippen LogP contribution < -0.4 is 9.47 Å². The SMILES string of the molecule is CCCCN(C)C(=O)C(c1ccc(OC)c(OC)c1)C(C)C. The number of rotatable bonds is 8. The van der Waals surface area contributed by atoms with Gasteiger partial charge >= 0.3 is 0 Å². The van der Waals surface area contributed by atoms with E-state index in [9.17, 15) is 4.79 Å². The molecule has 0 bridgehead atoms. The first-order valence-electron chi connectivity index (χ1n) is 7.93. The van der Waals surface area contributed by atoms with Crippen LogP contribution in [0.3, 0.4) is 0 Å². The average Bonchev–Trinajstić information content (AvgIpc) is 2.51. The standard InChI is InChI=1S/C18H29NO3/c1-7-8-11-19(4)18(20)17(13(2)3)14-9-10-15(21-5)16(12-14)22-6/h9-10,12-13,17H,7-8,11H2,1-6H3. The van der Waals surface area contributed by atoms with Gasteiger partial charge in [-0.3, -0.25) is 4.79 Å². The molecule has 0 N–H and O–H groups in total. The lowest BCUT2D eigenvalue weighted by molar-refractivity contribution is -0.132. The molecule has 0 aliphatic heterocycles. The number of hydrogen-bond acceptors (Lipinski definition) is 3. The van der Waals surface area contributed by atoms with Crippen molar-refractivity contribution < 1.29 is 14.3 Å². The van der Waals surface area contributed by atoms with E-state index in [-0.39, 0.29) is 17.7 Å². The third kappa shape index (κ3) is 4.39. The van der Waals surface area contributed by atoms with Gasteiger partial charge in [-0.05, 0) is 30.0 Å². The minimum atomic E-state index is -0.165. The smallest absolute Gasteiger partial charge is 0.230 e. The van der Waals surface area contributed by atoms with Crippen LogP contribution >= 0.6 is 0 Å². The number of carbonyl (C=O) groups excluding carboxylic acids is 1. The molecule has 0 saturated carbocycles. The molecule has 124 valence electrons. The predicted octanol–water partition coefficient (Wildman–Crippen LogP) is 3.70. The second-order valence-corrected chi connectivity index (χ2v) is 5.95. The Kier molecular flexibility index (Phi) is 7.22. The maximum absolute atomic E-state index is 12.8. The third-order valence-electron chi connectivity index (χ3n) is 3.92. The normalized spacial score (nSPS) is 12.1. The van der Waals surface area contributed by atoms with Crippen LogP contribution in [0.5, 0.6) is 11.5 Å². The van der Waals surface area contributed by atoms with Crippen LogP contribution in [-0.2, 0) is 4.79 Å². The Hall–Kier alpha value is -1.71. The number of unbranched alkanes of at least 4 members (excludes halogenated alkanes) is 1. The molecule has 22 heavy (non-hydrogen) atoms. The average molecular weight is 307 g/mol. The van der Waals surface area contributed by atoms with E-state index in [0.29, 0.717) is 11.5 Å². The molecule has 1 aromatic carbocycles. The van der Waals surface area contributed by atoms with E-state index in [2.05, 4.69) is 20.8 Å². The highest BCUT2D eigenvalue weighted by Gasteiger charge is 2.27. The van der Waals surface area contributed by atoms with Crippen LogP contribution in [0.2, 0.25) is 0 Å². The number of carbonyl (C=O) groups is 1. The summed E-state index contributed by atoms with van der Waals surface area (Å²) >= 11 is 0. The first-order chi connectivity index (χ1) is 10.5. The van der Waals surface area contributed by atoms with Crippen LogP contribution in [0.4, 0.5) is 0 Å². The first-order valence-corrected chi connectivity index (χ1v) is 7.93. The Morgan fingerprint density at radius 1 is 1.18 bits per heavy atom. The zero-order chi connectivity index (χ0) is 16.7. The van der Waals surface area contributed by atoms with Gasteiger partial charge in [0.1, 0.15) is 0 Å². The van der Waals surface area contributed by atoms with Gasteiger partial charge in [0.25, 0.3) is 0 Å². The summed E-state index contributed by atoms with van der Waals surface area (Å²) in [4.78, 5) is 14.6. The number of hydrogen-bond donors (Lipinski definition) is 0. The van der Waals surface area contributed by atoms with Gasteiger partial charge in [0.05, 0.1) is 20.1 Å². The molecule has 1 unspecified atom stereocenters. The number of nitrogens with zero attached hydrogens (tertiary/aromatic N) is 1. The lowest BCUT2D eigenvalue weighted by Gasteiger charge is -2.27. The van der Waals surface area contributed by atoms with Gasteiger partial charge in [0.2, 0.25) is 5.91 Å². The van der Waals surface area contributed by atoms with Crippen molar-refractivity contribution in [2.24, 2.45) is 5.92 Å². The highest BCUT2D eigenvalue weighted by Crippen LogP contribution is 2.34. The van der Waals surface area contributed by atoms with Crippen LogP contribution in [0.25, 0.3) is 0 Å². The van der Waals surface area contributed by atoms with Crippen molar-refractivity contribution in [3.63, 3.8) is 0 Å². The molecular weight excluding hydrogens is 278 g/mol. The molecule has 0 heterocycles. The summed E-state index contributed by atoms with van der Waals surface area (Å²) in [6.07, 6.45) is 2.11. The number of likely N-dealkylation sites (N-methyl/N-ethyl adjacent to an activating group) is 1. The number of methoxy groups -OCH3 is 2. The summed E-state index contributed by atoms with van der Waals surface area (Å²) in [7, 11) is 5.11. The molecular formula is C18H29NO3. The van der Waals surface area contributed by atoms with E-state index < -0.39 is 0 Å². The highest BCUT2D eigenvalue weighted by atomic mass is 16.5. The first kappa shape index (κ1) is 18.3. The summed E-state index contributed by atoms with van der Waals surface area (Å²) in [5.74, 6) is 1.56. The van der Waals surface area contributed by atoms with Crippen molar-refractivity contribution in [1.82, 2.24) is 4.90 Å². The molecule has 0 spiro atoms. The molecule has 0 aromatic heterocycles. The Bertz CT molecular complexity index is 485. The molecule has 1 rings (SSSR count). The van der Waals surface area contributed by atoms with Crippen molar-refractivity contribution in [3.8, 4) is 11.5 Å². The number of ether oxygens (including phenoxy) is 2. The van der Waals surface area contributed by atoms with E-state index in [1.165, 1.54) is 0 Å². The summed E-state index contributed by atoms with van der Waals surface area (Å²) in [5, 5.41) is 0. The molecule has 4 nitrogen and oxygen atoms in total. The second kappa shape index (κ2) is 8.66. The fraction of sp³-hybridized carbons (Fsp3) is 0.611. The van der Waals surface area contributed by atoms with E-state index in [0.717, 1.165) is 24.9 Å². The molecule has 1 amide bonds. The zero-order valence-corrected chi connectivity index (χ0v) is 14.7. The molecule has 0 radical (unpaired) electrons. The zero-order valence-electron chi connectivity index (χ0n) is 14.7. The Labute approximate surface area is 134 Å². The van der Waals surface area contributed by atoms with Gasteiger partial charge in [0.15, 0.2) is 11.5 Å². The molecule has 4 heteroatoms. The lowest BCUT2D eigenvalue weighted by Crippen LogP contribution is -2.34. The number of amides is 1. The van der Waals surface area contributed by atoms with E-state index in [1.54, 1.807) is 14.2 Å². The van der Waals surface area contributed by atoms with Gasteiger partial charge in [-0.15, -0.1) is 0 Å². The Morgan fingerprint density at radius 2 is 1.82 bits per heavy atom. The quantitative estimate of drug-likeness (QED) is 0.735. The fourth-order valence-electron chi connectivity index (χ4n) is 2.60. The second-order valence-electron chi connectivity index (χ2n) is 5.95.